The van der Waals surface area contributed by atoms with Crippen LogP contribution >= 0.6 is 11.6 Å². The maximum atomic E-state index is 12.9. The molecule has 0 saturated carbocycles. The number of nitrogens with two attached hydrogens (primary N) is 1. The second-order valence-electron chi connectivity index (χ2n) is 3.82. The van der Waals surface area contributed by atoms with Crippen LogP contribution < -0.4 is 11.1 Å². The molecule has 0 atom stereocenters. The third-order valence-corrected chi connectivity index (χ3v) is 2.83. The lowest BCUT2D eigenvalue weighted by atomic mass is 10.1. The lowest BCUT2D eigenvalue weighted by molar-refractivity contribution is 0.0698. The highest BCUT2D eigenvalue weighted by Crippen LogP contribution is 2.31. The van der Waals surface area contributed by atoms with E-state index in [1.165, 1.54) is 24.3 Å². The van der Waals surface area contributed by atoms with E-state index < -0.39 is 11.8 Å². The summed E-state index contributed by atoms with van der Waals surface area (Å²) in [7, 11) is 0. The molecule has 2 aromatic carbocycles. The molecular weight excluding hydrogens is 271 g/mol. The number of benzene rings is 2. The minimum Gasteiger partial charge on any atom is -0.478 e. The molecule has 2 rings (SSSR count). The number of anilines is 3. The van der Waals surface area contributed by atoms with Gasteiger partial charge in [-0.25, -0.2) is 9.18 Å². The van der Waals surface area contributed by atoms with E-state index in [0.29, 0.717) is 5.69 Å². The van der Waals surface area contributed by atoms with E-state index in [1.807, 2.05) is 0 Å². The average Bonchev–Trinajstić information content (AvgIpc) is 2.34. The molecule has 0 amide bonds. The molecule has 0 spiro atoms. The Morgan fingerprint density at radius 2 is 2.05 bits per heavy atom. The van der Waals surface area contributed by atoms with Gasteiger partial charge in [0.25, 0.3) is 0 Å². The van der Waals surface area contributed by atoms with Crippen molar-refractivity contribution >= 4 is 34.6 Å². The van der Waals surface area contributed by atoms with Gasteiger partial charge in [-0.1, -0.05) is 17.7 Å². The average molecular weight is 281 g/mol. The van der Waals surface area contributed by atoms with E-state index in [1.54, 1.807) is 6.07 Å². The number of carboxylic acid groups (broad SMARTS) is 1. The maximum Gasteiger partial charge on any atom is 0.337 e. The van der Waals surface area contributed by atoms with E-state index in [4.69, 9.17) is 22.4 Å². The van der Waals surface area contributed by atoms with Crippen molar-refractivity contribution in [3.63, 3.8) is 0 Å². The number of halogens is 2. The predicted octanol–water partition coefficient (Wildman–Crippen LogP) is 3.50. The van der Waals surface area contributed by atoms with Gasteiger partial charge in [0.2, 0.25) is 0 Å². The van der Waals surface area contributed by atoms with Crippen molar-refractivity contribution in [3.8, 4) is 0 Å². The number of aromatic carboxylic acids is 1. The largest absolute Gasteiger partial charge is 0.478 e. The fourth-order valence-corrected chi connectivity index (χ4v) is 1.83. The number of hydrogen-bond acceptors (Lipinski definition) is 3. The van der Waals surface area contributed by atoms with Crippen LogP contribution in [0.1, 0.15) is 10.4 Å². The molecule has 0 aliphatic rings. The number of carbonyl (C=O) groups is 1. The van der Waals surface area contributed by atoms with Crippen molar-refractivity contribution in [1.82, 2.24) is 0 Å². The first-order chi connectivity index (χ1) is 8.99. The molecule has 0 bridgehead atoms. The van der Waals surface area contributed by atoms with Crippen LogP contribution in [0.5, 0.6) is 0 Å². The predicted molar refractivity (Wildman–Crippen MR) is 72.5 cm³/mol. The van der Waals surface area contributed by atoms with Crippen molar-refractivity contribution in [2.24, 2.45) is 0 Å². The molecule has 0 aliphatic heterocycles. The first-order valence-corrected chi connectivity index (χ1v) is 5.70. The third-order valence-electron chi connectivity index (χ3n) is 2.52. The molecule has 4 nitrogen and oxygen atoms in total. The standard InChI is InChI=1S/C13H10ClFN2O2/c14-9-6-7(15)4-5-11(9)17-12-8(13(18)19)2-1-3-10(12)16/h1-6,17H,16H2,(H,18,19). The number of carboxylic acids is 1. The van der Waals surface area contributed by atoms with Gasteiger partial charge >= 0.3 is 5.97 Å². The summed E-state index contributed by atoms with van der Waals surface area (Å²) in [5.41, 5.74) is 6.63. The van der Waals surface area contributed by atoms with Crippen molar-refractivity contribution < 1.29 is 14.3 Å². The highest BCUT2D eigenvalue weighted by Gasteiger charge is 2.14. The first kappa shape index (κ1) is 13.2. The molecule has 2 aromatic rings. The lowest BCUT2D eigenvalue weighted by Crippen LogP contribution is -2.06. The number of nitrogen functional groups attached to an aromatic ring is 1. The Balaban J connectivity index is 2.46. The second kappa shape index (κ2) is 5.16. The van der Waals surface area contributed by atoms with Crippen molar-refractivity contribution in [2.75, 3.05) is 11.1 Å². The molecule has 0 aromatic heterocycles. The highest BCUT2D eigenvalue weighted by molar-refractivity contribution is 6.33. The fraction of sp³-hybridized carbons (Fsp3) is 0. The minimum atomic E-state index is -1.12. The molecule has 98 valence electrons. The molecule has 6 heteroatoms. The van der Waals surface area contributed by atoms with Gasteiger partial charge in [-0.3, -0.25) is 0 Å². The Labute approximate surface area is 113 Å². The zero-order valence-corrected chi connectivity index (χ0v) is 10.4. The third kappa shape index (κ3) is 2.77. The van der Waals surface area contributed by atoms with Crippen LogP contribution in [0.2, 0.25) is 5.02 Å². The summed E-state index contributed by atoms with van der Waals surface area (Å²) in [5, 5.41) is 12.0. The van der Waals surface area contributed by atoms with Crippen LogP contribution in [0.25, 0.3) is 0 Å². The molecule has 0 fully saturated rings. The summed E-state index contributed by atoms with van der Waals surface area (Å²) in [4.78, 5) is 11.1. The minimum absolute atomic E-state index is 0.0143. The Bertz CT molecular complexity index is 647. The van der Waals surface area contributed by atoms with Gasteiger partial charge in [0.1, 0.15) is 5.82 Å². The SMILES string of the molecule is Nc1cccc(C(=O)O)c1Nc1ccc(F)cc1Cl. The maximum absolute atomic E-state index is 12.9. The quantitative estimate of drug-likeness (QED) is 0.752. The molecule has 0 radical (unpaired) electrons. The first-order valence-electron chi connectivity index (χ1n) is 5.33. The summed E-state index contributed by atoms with van der Waals surface area (Å²) < 4.78 is 12.9. The van der Waals surface area contributed by atoms with Crippen LogP contribution in [-0.4, -0.2) is 11.1 Å². The van der Waals surface area contributed by atoms with Gasteiger partial charge in [0.05, 0.1) is 27.6 Å². The van der Waals surface area contributed by atoms with Gasteiger partial charge in [-0.15, -0.1) is 0 Å². The number of hydrogen-bond donors (Lipinski definition) is 3. The van der Waals surface area contributed by atoms with Crippen LogP contribution in [-0.2, 0) is 0 Å². The number of nitrogens with one attached hydrogen (secondary N) is 1. The molecule has 0 heterocycles. The van der Waals surface area contributed by atoms with Gasteiger partial charge < -0.3 is 16.2 Å². The number of para-hydroxylation sites is 1. The summed E-state index contributed by atoms with van der Waals surface area (Å²) in [5.74, 6) is -1.59. The summed E-state index contributed by atoms with van der Waals surface area (Å²) >= 11 is 5.87. The van der Waals surface area contributed by atoms with Crippen LogP contribution in [0.15, 0.2) is 36.4 Å². The Morgan fingerprint density at radius 1 is 1.32 bits per heavy atom. The second-order valence-corrected chi connectivity index (χ2v) is 4.23. The van der Waals surface area contributed by atoms with Crippen LogP contribution in [0.3, 0.4) is 0 Å². The van der Waals surface area contributed by atoms with E-state index in [-0.39, 0.29) is 22.0 Å². The summed E-state index contributed by atoms with van der Waals surface area (Å²) in [6.07, 6.45) is 0. The number of rotatable bonds is 3. The zero-order chi connectivity index (χ0) is 14.0. The lowest BCUT2D eigenvalue weighted by Gasteiger charge is -2.13. The molecule has 0 saturated heterocycles. The molecular formula is C13H10ClFN2O2. The Hall–Kier alpha value is -2.27. The molecule has 0 unspecified atom stereocenters. The Morgan fingerprint density at radius 3 is 2.68 bits per heavy atom. The highest BCUT2D eigenvalue weighted by atomic mass is 35.5. The summed E-state index contributed by atoms with van der Waals surface area (Å²) in [6, 6.07) is 8.27. The molecule has 4 N–H and O–H groups in total. The smallest absolute Gasteiger partial charge is 0.337 e. The normalized spacial score (nSPS) is 10.2. The van der Waals surface area contributed by atoms with Crippen LogP contribution in [0, 0.1) is 5.82 Å². The zero-order valence-electron chi connectivity index (χ0n) is 9.65. The van der Waals surface area contributed by atoms with E-state index in [0.717, 1.165) is 6.07 Å². The van der Waals surface area contributed by atoms with Gasteiger partial charge in [0, 0.05) is 0 Å². The van der Waals surface area contributed by atoms with Crippen molar-refractivity contribution in [2.45, 2.75) is 0 Å². The van der Waals surface area contributed by atoms with Crippen molar-refractivity contribution in [1.29, 1.82) is 0 Å². The van der Waals surface area contributed by atoms with Crippen molar-refractivity contribution in [3.05, 3.63) is 52.8 Å². The van der Waals surface area contributed by atoms with E-state index >= 15 is 0 Å². The van der Waals surface area contributed by atoms with Crippen LogP contribution in [0.4, 0.5) is 21.5 Å². The van der Waals surface area contributed by atoms with E-state index in [2.05, 4.69) is 5.32 Å². The fourth-order valence-electron chi connectivity index (χ4n) is 1.61. The topological polar surface area (TPSA) is 75.4 Å². The van der Waals surface area contributed by atoms with Gasteiger partial charge in [-0.2, -0.15) is 0 Å². The summed E-state index contributed by atoms with van der Waals surface area (Å²) in [6.45, 7) is 0. The Kier molecular flexibility index (Phi) is 3.57. The molecule has 19 heavy (non-hydrogen) atoms. The van der Waals surface area contributed by atoms with Gasteiger partial charge in [-0.05, 0) is 30.3 Å². The molecule has 0 aliphatic carbocycles. The van der Waals surface area contributed by atoms with E-state index in [9.17, 15) is 9.18 Å². The van der Waals surface area contributed by atoms with Gasteiger partial charge in [0.15, 0.2) is 0 Å². The monoisotopic (exact) mass is 280 g/mol.